The van der Waals surface area contributed by atoms with Gasteiger partial charge in [-0.1, -0.05) is 18.2 Å². The standard InChI is InChI=1S/C25H30N6O5/c1-25(2,3)36-24(34)31(14-32)23-20(22(27)35-21(26)15-7-5-4-6-8-15)29-19(11-28-23)30-12-16-9-10-18(33)17(16)13-30/h4-8,11,14,16-18,26-27,33H,9-10,12-13H2,1-3H3. The van der Waals surface area contributed by atoms with E-state index in [0.29, 0.717) is 35.3 Å². The lowest BCUT2D eigenvalue weighted by molar-refractivity contribution is -0.107. The molecule has 1 aromatic heterocycles. The summed E-state index contributed by atoms with van der Waals surface area (Å²) in [7, 11) is 0. The summed E-state index contributed by atoms with van der Waals surface area (Å²) in [5, 5.41) is 27.1. The van der Waals surface area contributed by atoms with E-state index in [4.69, 9.17) is 20.3 Å². The first kappa shape index (κ1) is 25.2. The number of carbonyl (C=O) groups excluding carboxylic acids is 2. The van der Waals surface area contributed by atoms with Crippen LogP contribution >= 0.6 is 0 Å². The normalized spacial score (nSPS) is 21.0. The van der Waals surface area contributed by atoms with E-state index in [-0.39, 0.29) is 35.8 Å². The number of ether oxygens (including phenoxy) is 2. The number of imide groups is 1. The molecule has 1 aliphatic heterocycles. The number of benzene rings is 1. The van der Waals surface area contributed by atoms with Crippen LogP contribution in [0.4, 0.5) is 16.4 Å². The summed E-state index contributed by atoms with van der Waals surface area (Å²) in [6.07, 6.45) is 2.02. The maximum Gasteiger partial charge on any atom is 0.422 e. The molecule has 0 spiro atoms. The first-order chi connectivity index (χ1) is 17.1. The third kappa shape index (κ3) is 5.35. The van der Waals surface area contributed by atoms with Crippen molar-refractivity contribution in [3.05, 3.63) is 47.8 Å². The zero-order valence-corrected chi connectivity index (χ0v) is 20.5. The number of rotatable bonds is 5. The third-order valence-electron chi connectivity index (χ3n) is 6.26. The van der Waals surface area contributed by atoms with Gasteiger partial charge in [0.1, 0.15) is 11.4 Å². The molecule has 3 unspecified atom stereocenters. The molecule has 2 heterocycles. The fourth-order valence-electron chi connectivity index (χ4n) is 4.57. The van der Waals surface area contributed by atoms with Gasteiger partial charge >= 0.3 is 6.09 Å². The zero-order chi connectivity index (χ0) is 26.0. The van der Waals surface area contributed by atoms with E-state index in [2.05, 4.69) is 9.97 Å². The average molecular weight is 495 g/mol. The van der Waals surface area contributed by atoms with Crippen LogP contribution in [0.1, 0.15) is 44.9 Å². The number of hydrogen-bond acceptors (Lipinski definition) is 10. The maximum absolute atomic E-state index is 12.7. The van der Waals surface area contributed by atoms with Crippen molar-refractivity contribution in [3.63, 3.8) is 0 Å². The SMILES string of the molecule is CC(C)(C)OC(=O)N(C=O)c1ncc(N2CC3CCC(O)C3C2)nc1C(=N)OC(=N)c1ccccc1. The minimum absolute atomic E-state index is 0.130. The largest absolute Gasteiger partial charge is 0.443 e. The number of amides is 2. The summed E-state index contributed by atoms with van der Waals surface area (Å²) < 4.78 is 10.8. The van der Waals surface area contributed by atoms with Gasteiger partial charge in [0.15, 0.2) is 11.5 Å². The van der Waals surface area contributed by atoms with E-state index in [1.54, 1.807) is 51.1 Å². The van der Waals surface area contributed by atoms with Crippen molar-refractivity contribution in [1.29, 1.82) is 10.8 Å². The summed E-state index contributed by atoms with van der Waals surface area (Å²) in [5.74, 6) is -0.209. The van der Waals surface area contributed by atoms with Gasteiger partial charge in [-0.3, -0.25) is 15.6 Å². The van der Waals surface area contributed by atoms with Crippen molar-refractivity contribution < 1.29 is 24.2 Å². The van der Waals surface area contributed by atoms with Crippen LogP contribution in [0.25, 0.3) is 0 Å². The quantitative estimate of drug-likeness (QED) is 0.326. The lowest BCUT2D eigenvalue weighted by atomic mass is 10.00. The van der Waals surface area contributed by atoms with Crippen LogP contribution in [0.15, 0.2) is 36.5 Å². The van der Waals surface area contributed by atoms with Crippen LogP contribution in [-0.4, -0.2) is 64.2 Å². The number of hydrogen-bond donors (Lipinski definition) is 3. The van der Waals surface area contributed by atoms with Gasteiger partial charge < -0.3 is 19.5 Å². The molecule has 2 amide bonds. The number of aromatic nitrogens is 2. The number of carbonyl (C=O) groups is 2. The van der Waals surface area contributed by atoms with Crippen LogP contribution < -0.4 is 9.80 Å². The Bertz CT molecular complexity index is 1170. The molecule has 11 nitrogen and oxygen atoms in total. The number of aliphatic hydroxyl groups excluding tert-OH is 1. The molecule has 0 bridgehead atoms. The van der Waals surface area contributed by atoms with Crippen LogP contribution in [0.3, 0.4) is 0 Å². The fraction of sp³-hybridized carbons (Fsp3) is 0.440. The molecule has 11 heteroatoms. The first-order valence-electron chi connectivity index (χ1n) is 11.8. The van der Waals surface area contributed by atoms with Crippen LogP contribution in [-0.2, 0) is 14.3 Å². The summed E-state index contributed by atoms with van der Waals surface area (Å²) in [6, 6.07) is 8.58. The Balaban J connectivity index is 1.67. The van der Waals surface area contributed by atoms with Gasteiger partial charge in [-0.15, -0.1) is 0 Å². The molecule has 1 aromatic carbocycles. The van der Waals surface area contributed by atoms with Crippen molar-refractivity contribution in [3.8, 4) is 0 Å². The van der Waals surface area contributed by atoms with Gasteiger partial charge in [0.25, 0.3) is 0 Å². The van der Waals surface area contributed by atoms with Crippen LogP contribution in [0.5, 0.6) is 0 Å². The molecule has 3 atom stereocenters. The van der Waals surface area contributed by atoms with E-state index in [1.807, 2.05) is 4.90 Å². The average Bonchev–Trinajstić information content (AvgIpc) is 3.41. The lowest BCUT2D eigenvalue weighted by Gasteiger charge is -2.25. The molecule has 36 heavy (non-hydrogen) atoms. The van der Waals surface area contributed by atoms with Crippen LogP contribution in [0, 0.1) is 22.7 Å². The van der Waals surface area contributed by atoms with E-state index in [1.165, 1.54) is 6.20 Å². The van der Waals surface area contributed by atoms with Gasteiger partial charge in [0.2, 0.25) is 18.2 Å². The second-order valence-electron chi connectivity index (χ2n) is 9.96. The highest BCUT2D eigenvalue weighted by Crippen LogP contribution is 2.39. The monoisotopic (exact) mass is 494 g/mol. The van der Waals surface area contributed by atoms with Gasteiger partial charge in [0.05, 0.1) is 12.3 Å². The van der Waals surface area contributed by atoms with E-state index < -0.39 is 17.6 Å². The smallest absolute Gasteiger partial charge is 0.422 e. The Labute approximate surface area is 209 Å². The predicted molar refractivity (Wildman–Crippen MR) is 132 cm³/mol. The number of fused-ring (bicyclic) bond motifs is 1. The summed E-state index contributed by atoms with van der Waals surface area (Å²) >= 11 is 0. The Morgan fingerprint density at radius 1 is 1.17 bits per heavy atom. The highest BCUT2D eigenvalue weighted by atomic mass is 16.6. The lowest BCUT2D eigenvalue weighted by Crippen LogP contribution is -2.38. The van der Waals surface area contributed by atoms with Crippen molar-refractivity contribution in [2.24, 2.45) is 11.8 Å². The zero-order valence-electron chi connectivity index (χ0n) is 20.5. The Morgan fingerprint density at radius 3 is 2.53 bits per heavy atom. The number of nitrogens with one attached hydrogen (secondary N) is 2. The van der Waals surface area contributed by atoms with Gasteiger partial charge in [-0.05, 0) is 51.7 Å². The number of nitrogens with zero attached hydrogens (tertiary/aromatic N) is 4. The molecular formula is C25H30N6O5. The third-order valence-corrected chi connectivity index (χ3v) is 6.26. The van der Waals surface area contributed by atoms with Gasteiger partial charge in [-0.2, -0.15) is 4.90 Å². The van der Waals surface area contributed by atoms with Gasteiger partial charge in [0, 0.05) is 24.6 Å². The predicted octanol–water partition coefficient (Wildman–Crippen LogP) is 2.95. The van der Waals surface area contributed by atoms with Crippen molar-refractivity contribution >= 4 is 35.9 Å². The molecule has 2 aliphatic rings. The molecule has 1 saturated carbocycles. The Kier molecular flexibility index (Phi) is 7.02. The van der Waals surface area contributed by atoms with Gasteiger partial charge in [-0.25, -0.2) is 14.8 Å². The van der Waals surface area contributed by atoms with Crippen molar-refractivity contribution in [2.45, 2.75) is 45.3 Å². The first-order valence-corrected chi connectivity index (χ1v) is 11.8. The van der Waals surface area contributed by atoms with E-state index in [9.17, 15) is 14.7 Å². The highest BCUT2D eigenvalue weighted by molar-refractivity contribution is 6.10. The molecule has 0 radical (unpaired) electrons. The van der Waals surface area contributed by atoms with Crippen LogP contribution in [0.2, 0.25) is 0 Å². The minimum atomic E-state index is -0.981. The molecular weight excluding hydrogens is 464 g/mol. The summed E-state index contributed by atoms with van der Waals surface area (Å²) in [5.41, 5.74) is -0.628. The molecule has 2 fully saturated rings. The summed E-state index contributed by atoms with van der Waals surface area (Å²) in [6.45, 7) is 6.24. The second kappa shape index (κ2) is 10.0. The molecule has 190 valence electrons. The number of aliphatic hydroxyl groups is 1. The maximum atomic E-state index is 12.7. The second-order valence-corrected chi connectivity index (χ2v) is 9.96. The van der Waals surface area contributed by atoms with Crippen molar-refractivity contribution in [1.82, 2.24) is 9.97 Å². The molecule has 1 aliphatic carbocycles. The highest BCUT2D eigenvalue weighted by Gasteiger charge is 2.42. The Hall–Kier alpha value is -3.86. The minimum Gasteiger partial charge on any atom is -0.443 e. The molecule has 1 saturated heterocycles. The van der Waals surface area contributed by atoms with E-state index in [0.717, 1.165) is 12.8 Å². The summed E-state index contributed by atoms with van der Waals surface area (Å²) in [4.78, 5) is 36.1. The van der Waals surface area contributed by atoms with Crippen molar-refractivity contribution in [2.75, 3.05) is 22.9 Å². The molecule has 2 aromatic rings. The van der Waals surface area contributed by atoms with E-state index >= 15 is 0 Å². The number of anilines is 2. The molecule has 4 rings (SSSR count). The molecule has 3 N–H and O–H groups in total. The topological polar surface area (TPSA) is 153 Å². The fourth-order valence-corrected chi connectivity index (χ4v) is 4.57. The Morgan fingerprint density at radius 2 is 1.89 bits per heavy atom.